The molecule has 5 heteroatoms. The van der Waals surface area contributed by atoms with Crippen LogP contribution in [0.2, 0.25) is 0 Å². The summed E-state index contributed by atoms with van der Waals surface area (Å²) in [7, 11) is 3.72. The molecule has 122 valence electrons. The fourth-order valence-corrected chi connectivity index (χ4v) is 2.96. The molecule has 1 aromatic carbocycles. The van der Waals surface area contributed by atoms with Gasteiger partial charge >= 0.3 is 0 Å². The molecule has 0 aliphatic carbocycles. The third kappa shape index (κ3) is 3.10. The maximum absolute atomic E-state index is 12.5. The molecule has 0 bridgehead atoms. The average Bonchev–Trinajstić information content (AvgIpc) is 2.58. The second kappa shape index (κ2) is 6.46. The smallest absolute Gasteiger partial charge is 0.273 e. The van der Waals surface area contributed by atoms with Gasteiger partial charge in [0.15, 0.2) is 0 Å². The number of benzene rings is 1. The number of aryl methyl sites for hydroxylation is 2. The van der Waals surface area contributed by atoms with E-state index in [1.165, 1.54) is 5.56 Å². The minimum Gasteiger partial charge on any atom is -0.388 e. The number of ether oxygens (including phenoxy) is 1. The zero-order chi connectivity index (χ0) is 16.4. The van der Waals surface area contributed by atoms with E-state index in [9.17, 15) is 4.79 Å². The van der Waals surface area contributed by atoms with Gasteiger partial charge in [-0.1, -0.05) is 6.07 Å². The van der Waals surface area contributed by atoms with Crippen LogP contribution in [-0.4, -0.2) is 37.9 Å². The van der Waals surface area contributed by atoms with Crippen LogP contribution in [0.15, 0.2) is 35.3 Å². The number of rotatable bonds is 3. The highest BCUT2D eigenvalue weighted by Gasteiger charge is 2.17. The van der Waals surface area contributed by atoms with Crippen LogP contribution < -0.4 is 15.8 Å². The SMILES string of the molecule is CNc1ccc(C)c(-c2cc(N3CCOCC3)c(=O)n(C)c2)c1. The normalized spacial score (nSPS) is 14.8. The highest BCUT2D eigenvalue weighted by atomic mass is 16.5. The first kappa shape index (κ1) is 15.6. The van der Waals surface area contributed by atoms with Crippen molar-refractivity contribution in [2.75, 3.05) is 43.6 Å². The lowest BCUT2D eigenvalue weighted by atomic mass is 10.0. The maximum atomic E-state index is 12.5. The van der Waals surface area contributed by atoms with Gasteiger partial charge in [0.1, 0.15) is 5.69 Å². The van der Waals surface area contributed by atoms with Gasteiger partial charge in [0.2, 0.25) is 0 Å². The molecular weight excluding hydrogens is 290 g/mol. The summed E-state index contributed by atoms with van der Waals surface area (Å²) in [5.74, 6) is 0. The van der Waals surface area contributed by atoms with E-state index in [0.717, 1.165) is 35.6 Å². The van der Waals surface area contributed by atoms with Crippen molar-refractivity contribution in [2.45, 2.75) is 6.92 Å². The second-order valence-corrected chi connectivity index (χ2v) is 5.91. The van der Waals surface area contributed by atoms with E-state index in [-0.39, 0.29) is 5.56 Å². The van der Waals surface area contributed by atoms with Crippen LogP contribution in [-0.2, 0) is 11.8 Å². The molecule has 0 spiro atoms. The Morgan fingerprint density at radius 1 is 1.17 bits per heavy atom. The molecule has 0 saturated carbocycles. The zero-order valence-electron chi connectivity index (χ0n) is 13.9. The fraction of sp³-hybridized carbons (Fsp3) is 0.389. The summed E-state index contributed by atoms with van der Waals surface area (Å²) >= 11 is 0. The van der Waals surface area contributed by atoms with Crippen LogP contribution in [0.1, 0.15) is 5.56 Å². The fourth-order valence-electron chi connectivity index (χ4n) is 2.96. The summed E-state index contributed by atoms with van der Waals surface area (Å²) in [6, 6.07) is 8.29. The third-order valence-corrected chi connectivity index (χ3v) is 4.35. The van der Waals surface area contributed by atoms with Gasteiger partial charge in [-0.25, -0.2) is 0 Å². The summed E-state index contributed by atoms with van der Waals surface area (Å²) in [5.41, 5.74) is 5.24. The van der Waals surface area contributed by atoms with E-state index in [0.29, 0.717) is 13.2 Å². The van der Waals surface area contributed by atoms with Gasteiger partial charge < -0.3 is 19.5 Å². The number of hydrogen-bond donors (Lipinski definition) is 1. The molecule has 0 amide bonds. The Bertz CT molecular complexity index is 761. The molecular formula is C18H23N3O2. The summed E-state index contributed by atoms with van der Waals surface area (Å²) in [6.07, 6.45) is 1.91. The lowest BCUT2D eigenvalue weighted by Gasteiger charge is -2.29. The van der Waals surface area contributed by atoms with E-state index < -0.39 is 0 Å². The van der Waals surface area contributed by atoms with Gasteiger partial charge in [-0.2, -0.15) is 0 Å². The Balaban J connectivity index is 2.10. The molecule has 2 heterocycles. The lowest BCUT2D eigenvalue weighted by Crippen LogP contribution is -2.40. The molecule has 3 rings (SSSR count). The predicted octanol–water partition coefficient (Wildman–Crippen LogP) is 2.24. The van der Waals surface area contributed by atoms with Crippen molar-refractivity contribution in [3.8, 4) is 11.1 Å². The summed E-state index contributed by atoms with van der Waals surface area (Å²) < 4.78 is 7.07. The Morgan fingerprint density at radius 2 is 1.91 bits per heavy atom. The highest BCUT2D eigenvalue weighted by Crippen LogP contribution is 2.28. The number of pyridine rings is 1. The molecule has 1 N–H and O–H groups in total. The van der Waals surface area contributed by atoms with E-state index >= 15 is 0 Å². The lowest BCUT2D eigenvalue weighted by molar-refractivity contribution is 0.122. The van der Waals surface area contributed by atoms with Crippen LogP contribution >= 0.6 is 0 Å². The van der Waals surface area contributed by atoms with Crippen molar-refractivity contribution in [3.05, 3.63) is 46.4 Å². The number of hydrogen-bond acceptors (Lipinski definition) is 4. The van der Waals surface area contributed by atoms with E-state index in [4.69, 9.17) is 4.74 Å². The third-order valence-electron chi connectivity index (χ3n) is 4.35. The van der Waals surface area contributed by atoms with Crippen LogP contribution in [0.5, 0.6) is 0 Å². The van der Waals surface area contributed by atoms with Gasteiger partial charge in [-0.05, 0) is 36.2 Å². The van der Waals surface area contributed by atoms with E-state index in [1.807, 2.05) is 26.4 Å². The van der Waals surface area contributed by atoms with Gasteiger partial charge in [0.25, 0.3) is 5.56 Å². The molecule has 0 atom stereocenters. The summed E-state index contributed by atoms with van der Waals surface area (Å²) in [6.45, 7) is 4.94. The van der Waals surface area contributed by atoms with Crippen LogP contribution in [0, 0.1) is 6.92 Å². The Labute approximate surface area is 136 Å². The number of nitrogens with zero attached hydrogens (tertiary/aromatic N) is 2. The van der Waals surface area contributed by atoms with Crippen LogP contribution in [0.4, 0.5) is 11.4 Å². The maximum Gasteiger partial charge on any atom is 0.273 e. The van der Waals surface area contributed by atoms with E-state index in [2.05, 4.69) is 35.3 Å². The van der Waals surface area contributed by atoms with Crippen molar-refractivity contribution in [1.82, 2.24) is 4.57 Å². The number of aromatic nitrogens is 1. The summed E-state index contributed by atoms with van der Waals surface area (Å²) in [5, 5.41) is 3.17. The van der Waals surface area contributed by atoms with E-state index in [1.54, 1.807) is 4.57 Å². The summed E-state index contributed by atoms with van der Waals surface area (Å²) in [4.78, 5) is 14.6. The van der Waals surface area contributed by atoms with Crippen LogP contribution in [0.3, 0.4) is 0 Å². The minimum absolute atomic E-state index is 0.0399. The van der Waals surface area contributed by atoms with Gasteiger partial charge in [0.05, 0.1) is 13.2 Å². The highest BCUT2D eigenvalue weighted by molar-refractivity contribution is 5.73. The molecule has 23 heavy (non-hydrogen) atoms. The first-order chi connectivity index (χ1) is 11.1. The van der Waals surface area contributed by atoms with Crippen LogP contribution in [0.25, 0.3) is 11.1 Å². The van der Waals surface area contributed by atoms with Crippen molar-refractivity contribution in [1.29, 1.82) is 0 Å². The average molecular weight is 313 g/mol. The molecule has 5 nitrogen and oxygen atoms in total. The topological polar surface area (TPSA) is 46.5 Å². The van der Waals surface area contributed by atoms with Gasteiger partial charge in [0, 0.05) is 44.6 Å². The first-order valence-electron chi connectivity index (χ1n) is 7.92. The Hall–Kier alpha value is -2.27. The first-order valence-corrected chi connectivity index (χ1v) is 7.92. The molecule has 1 aromatic heterocycles. The second-order valence-electron chi connectivity index (χ2n) is 5.91. The van der Waals surface area contributed by atoms with Crippen molar-refractivity contribution in [3.63, 3.8) is 0 Å². The monoisotopic (exact) mass is 313 g/mol. The Morgan fingerprint density at radius 3 is 2.61 bits per heavy atom. The van der Waals surface area contributed by atoms with Crippen molar-refractivity contribution >= 4 is 11.4 Å². The standard InChI is InChI=1S/C18H23N3O2/c1-13-4-5-15(19-2)11-16(13)14-10-17(18(22)20(3)12-14)21-6-8-23-9-7-21/h4-5,10-12,19H,6-9H2,1-3H3. The number of anilines is 2. The zero-order valence-corrected chi connectivity index (χ0v) is 13.9. The molecule has 0 radical (unpaired) electrons. The molecule has 0 unspecified atom stereocenters. The molecule has 1 saturated heterocycles. The number of morpholine rings is 1. The molecule has 2 aromatic rings. The minimum atomic E-state index is 0.0399. The Kier molecular flexibility index (Phi) is 4.39. The molecule has 1 aliphatic rings. The van der Waals surface area contributed by atoms with Gasteiger partial charge in [-0.3, -0.25) is 4.79 Å². The number of nitrogens with one attached hydrogen (secondary N) is 1. The predicted molar refractivity (Wildman–Crippen MR) is 94.4 cm³/mol. The van der Waals surface area contributed by atoms with Crippen molar-refractivity contribution in [2.24, 2.45) is 7.05 Å². The van der Waals surface area contributed by atoms with Crippen molar-refractivity contribution < 1.29 is 4.74 Å². The molecule has 1 fully saturated rings. The molecule has 1 aliphatic heterocycles. The largest absolute Gasteiger partial charge is 0.388 e. The quantitative estimate of drug-likeness (QED) is 0.944. The van der Waals surface area contributed by atoms with Gasteiger partial charge in [-0.15, -0.1) is 0 Å².